The maximum Gasteiger partial charge on any atom is 0.335 e. The molecule has 0 unspecified atom stereocenters. The first-order valence-electron chi connectivity index (χ1n) is 9.57. The molecule has 0 aliphatic rings. The minimum absolute atomic E-state index is 0.218. The highest BCUT2D eigenvalue weighted by Gasteiger charge is 2.18. The van der Waals surface area contributed by atoms with Crippen molar-refractivity contribution in [2.24, 2.45) is 0 Å². The lowest BCUT2D eigenvalue weighted by Crippen LogP contribution is -2.01. The molecule has 30 heavy (non-hydrogen) atoms. The van der Waals surface area contributed by atoms with Gasteiger partial charge >= 0.3 is 5.97 Å². The lowest BCUT2D eigenvalue weighted by Gasteiger charge is -2.11. The van der Waals surface area contributed by atoms with Crippen molar-refractivity contribution >= 4 is 39.0 Å². The molecule has 2 N–H and O–H groups in total. The third-order valence-electron chi connectivity index (χ3n) is 4.67. The van der Waals surface area contributed by atoms with Gasteiger partial charge in [-0.2, -0.15) is 0 Å². The van der Waals surface area contributed by atoms with Crippen molar-refractivity contribution in [3.05, 3.63) is 64.8 Å². The Morgan fingerprint density at radius 2 is 1.90 bits per heavy atom. The second-order valence-electron chi connectivity index (χ2n) is 6.80. The predicted molar refractivity (Wildman–Crippen MR) is 120 cm³/mol. The number of carboxylic acids is 1. The summed E-state index contributed by atoms with van der Waals surface area (Å²) in [6, 6.07) is 14.7. The summed E-state index contributed by atoms with van der Waals surface area (Å²) < 4.78 is 5.56. The summed E-state index contributed by atoms with van der Waals surface area (Å²) in [6.45, 7) is 6.50. The highest BCUT2D eigenvalue weighted by molar-refractivity contribution is 7.19. The molecule has 7 heteroatoms. The molecule has 0 atom stereocenters. The standard InChI is InChI=1S/C23H21N3O3S/c1-4-29-18-10-8-15(9-11-18)19-13(2)30-22-20(19)21(24-14(3)25-22)26-17-7-5-6-16(12-17)23(27)28/h5-12H,4H2,1-3H3,(H,27,28)(H,24,25,26). The van der Waals surface area contributed by atoms with Crippen molar-refractivity contribution in [3.8, 4) is 16.9 Å². The molecule has 2 aromatic carbocycles. The number of anilines is 2. The Labute approximate surface area is 178 Å². The molecule has 0 fully saturated rings. The van der Waals surface area contributed by atoms with E-state index in [2.05, 4.69) is 22.2 Å². The number of rotatable bonds is 6. The second-order valence-corrected chi connectivity index (χ2v) is 8.00. The largest absolute Gasteiger partial charge is 0.494 e. The zero-order valence-corrected chi connectivity index (χ0v) is 17.7. The van der Waals surface area contributed by atoms with Gasteiger partial charge in [-0.25, -0.2) is 14.8 Å². The Bertz CT molecular complexity index is 1230. The van der Waals surface area contributed by atoms with Crippen LogP contribution in [0.2, 0.25) is 0 Å². The van der Waals surface area contributed by atoms with E-state index < -0.39 is 5.97 Å². The molecule has 0 saturated heterocycles. The molecular formula is C23H21N3O3S. The number of ether oxygens (including phenoxy) is 1. The number of hydrogen-bond acceptors (Lipinski definition) is 6. The first kappa shape index (κ1) is 19.8. The molecule has 2 heterocycles. The van der Waals surface area contributed by atoms with Crippen LogP contribution in [0, 0.1) is 13.8 Å². The first-order valence-corrected chi connectivity index (χ1v) is 10.4. The fourth-order valence-corrected chi connectivity index (χ4v) is 4.50. The Morgan fingerprint density at radius 1 is 1.13 bits per heavy atom. The van der Waals surface area contributed by atoms with Crippen molar-refractivity contribution in [2.75, 3.05) is 11.9 Å². The fraction of sp³-hybridized carbons (Fsp3) is 0.174. The van der Waals surface area contributed by atoms with Gasteiger partial charge in [0, 0.05) is 16.1 Å². The highest BCUT2D eigenvalue weighted by Crippen LogP contribution is 2.41. The lowest BCUT2D eigenvalue weighted by molar-refractivity contribution is 0.0697. The van der Waals surface area contributed by atoms with Gasteiger partial charge in [0.15, 0.2) is 0 Å². The highest BCUT2D eigenvalue weighted by atomic mass is 32.1. The van der Waals surface area contributed by atoms with E-state index in [1.54, 1.807) is 29.5 Å². The van der Waals surface area contributed by atoms with Crippen LogP contribution in [-0.4, -0.2) is 27.7 Å². The number of nitrogens with zero attached hydrogens (tertiary/aromatic N) is 2. The van der Waals surface area contributed by atoms with E-state index in [0.29, 0.717) is 23.9 Å². The van der Waals surface area contributed by atoms with E-state index in [4.69, 9.17) is 4.74 Å². The molecule has 0 radical (unpaired) electrons. The van der Waals surface area contributed by atoms with Gasteiger partial charge < -0.3 is 15.2 Å². The molecule has 0 amide bonds. The smallest absolute Gasteiger partial charge is 0.335 e. The Hall–Kier alpha value is -3.45. The van der Waals surface area contributed by atoms with Gasteiger partial charge in [-0.15, -0.1) is 11.3 Å². The van der Waals surface area contributed by atoms with Crippen LogP contribution in [0.15, 0.2) is 48.5 Å². The van der Waals surface area contributed by atoms with Crippen LogP contribution < -0.4 is 10.1 Å². The van der Waals surface area contributed by atoms with Crippen LogP contribution in [0.4, 0.5) is 11.5 Å². The average molecular weight is 420 g/mol. The third-order valence-corrected chi connectivity index (χ3v) is 5.66. The molecule has 0 bridgehead atoms. The van der Waals surface area contributed by atoms with Gasteiger partial charge in [0.25, 0.3) is 0 Å². The maximum absolute atomic E-state index is 11.3. The van der Waals surface area contributed by atoms with E-state index in [0.717, 1.165) is 32.0 Å². The second kappa shape index (κ2) is 8.12. The summed E-state index contributed by atoms with van der Waals surface area (Å²) in [5, 5.41) is 13.5. The quantitative estimate of drug-likeness (QED) is 0.410. The number of nitrogens with one attached hydrogen (secondary N) is 1. The zero-order chi connectivity index (χ0) is 21.3. The summed E-state index contributed by atoms with van der Waals surface area (Å²) in [7, 11) is 0. The van der Waals surface area contributed by atoms with Gasteiger partial charge in [-0.05, 0) is 56.7 Å². The maximum atomic E-state index is 11.3. The molecule has 4 aromatic rings. The molecule has 0 saturated carbocycles. The van der Waals surface area contributed by atoms with E-state index in [9.17, 15) is 9.90 Å². The van der Waals surface area contributed by atoms with E-state index in [1.807, 2.05) is 44.2 Å². The van der Waals surface area contributed by atoms with E-state index >= 15 is 0 Å². The predicted octanol–water partition coefficient (Wildman–Crippen LogP) is 5.82. The summed E-state index contributed by atoms with van der Waals surface area (Å²) in [5.41, 5.74) is 3.00. The zero-order valence-electron chi connectivity index (χ0n) is 16.9. The number of thiophene rings is 1. The van der Waals surface area contributed by atoms with Crippen molar-refractivity contribution in [1.82, 2.24) is 9.97 Å². The van der Waals surface area contributed by atoms with Crippen molar-refractivity contribution in [2.45, 2.75) is 20.8 Å². The molecule has 0 aliphatic heterocycles. The summed E-state index contributed by atoms with van der Waals surface area (Å²) in [6.07, 6.45) is 0. The Balaban J connectivity index is 1.84. The molecule has 0 aliphatic carbocycles. The van der Waals surface area contributed by atoms with Gasteiger partial charge in [-0.3, -0.25) is 0 Å². The monoisotopic (exact) mass is 419 g/mol. The number of aromatic nitrogens is 2. The minimum Gasteiger partial charge on any atom is -0.494 e. The number of benzene rings is 2. The molecule has 4 rings (SSSR count). The fourth-order valence-electron chi connectivity index (χ4n) is 3.41. The van der Waals surface area contributed by atoms with Crippen molar-refractivity contribution in [3.63, 3.8) is 0 Å². The van der Waals surface area contributed by atoms with Gasteiger partial charge in [-0.1, -0.05) is 18.2 Å². The van der Waals surface area contributed by atoms with Crippen molar-refractivity contribution < 1.29 is 14.6 Å². The van der Waals surface area contributed by atoms with Gasteiger partial charge in [0.2, 0.25) is 0 Å². The van der Waals surface area contributed by atoms with Crippen LogP contribution in [0.3, 0.4) is 0 Å². The molecule has 6 nitrogen and oxygen atoms in total. The van der Waals surface area contributed by atoms with Gasteiger partial charge in [0.05, 0.1) is 17.6 Å². The molecular weight excluding hydrogens is 398 g/mol. The van der Waals surface area contributed by atoms with Crippen LogP contribution in [-0.2, 0) is 0 Å². The summed E-state index contributed by atoms with van der Waals surface area (Å²) in [5.74, 6) is 1.17. The van der Waals surface area contributed by atoms with Crippen LogP contribution in [0.1, 0.15) is 28.0 Å². The number of aryl methyl sites for hydroxylation is 2. The topological polar surface area (TPSA) is 84.3 Å². The number of carboxylic acid groups (broad SMARTS) is 1. The van der Waals surface area contributed by atoms with Crippen LogP contribution in [0.25, 0.3) is 21.3 Å². The SMILES string of the molecule is CCOc1ccc(-c2c(C)sc3nc(C)nc(Nc4cccc(C(=O)O)c4)c23)cc1. The van der Waals surface area contributed by atoms with Crippen LogP contribution in [0.5, 0.6) is 5.75 Å². The minimum atomic E-state index is -0.968. The van der Waals surface area contributed by atoms with E-state index in [-0.39, 0.29) is 5.56 Å². The summed E-state index contributed by atoms with van der Waals surface area (Å²) >= 11 is 1.62. The number of aromatic carboxylic acids is 1. The molecule has 2 aromatic heterocycles. The van der Waals surface area contributed by atoms with Crippen LogP contribution >= 0.6 is 11.3 Å². The third kappa shape index (κ3) is 3.84. The number of hydrogen-bond donors (Lipinski definition) is 2. The summed E-state index contributed by atoms with van der Waals surface area (Å²) in [4.78, 5) is 22.6. The Kier molecular flexibility index (Phi) is 5.37. The van der Waals surface area contributed by atoms with E-state index in [1.165, 1.54) is 0 Å². The average Bonchev–Trinajstić information content (AvgIpc) is 3.05. The Morgan fingerprint density at radius 3 is 2.60 bits per heavy atom. The van der Waals surface area contributed by atoms with Crippen molar-refractivity contribution in [1.29, 1.82) is 0 Å². The molecule has 152 valence electrons. The number of carbonyl (C=O) groups is 1. The lowest BCUT2D eigenvalue weighted by atomic mass is 10.0. The van der Waals surface area contributed by atoms with Gasteiger partial charge in [0.1, 0.15) is 22.2 Å². The molecule has 0 spiro atoms. The number of fused-ring (bicyclic) bond motifs is 1. The normalized spacial score (nSPS) is 10.9. The first-order chi connectivity index (χ1) is 14.5.